The molecule has 1 aromatic heterocycles. The molecular weight excluding hydrogens is 301 g/mol. The van der Waals surface area contributed by atoms with E-state index >= 15 is 0 Å². The van der Waals surface area contributed by atoms with E-state index in [1.165, 1.54) is 0 Å². The van der Waals surface area contributed by atoms with Crippen LogP contribution in [-0.4, -0.2) is 21.6 Å². The van der Waals surface area contributed by atoms with Crippen LogP contribution in [0.1, 0.15) is 30.7 Å². The number of hydrogen-bond donors (Lipinski definition) is 0. The van der Waals surface area contributed by atoms with Crippen LogP contribution in [0.2, 0.25) is 0 Å². The van der Waals surface area contributed by atoms with Crippen LogP contribution in [0.3, 0.4) is 0 Å². The summed E-state index contributed by atoms with van der Waals surface area (Å²) in [6.45, 7) is 2.52. The highest BCUT2D eigenvalue weighted by Crippen LogP contribution is 2.24. The third-order valence-electron chi connectivity index (χ3n) is 3.47. The maximum absolute atomic E-state index is 12.2. The van der Waals surface area contributed by atoms with Crippen molar-refractivity contribution in [1.82, 2.24) is 9.55 Å². The highest BCUT2D eigenvalue weighted by atomic mass is 35.5. The zero-order valence-corrected chi connectivity index (χ0v) is 12.6. The first-order valence-corrected chi connectivity index (χ1v) is 7.53. The predicted octanol–water partition coefficient (Wildman–Crippen LogP) is 4.86. The van der Waals surface area contributed by atoms with Gasteiger partial charge in [-0.1, -0.05) is 12.1 Å². The first kappa shape index (κ1) is 16.1. The third kappa shape index (κ3) is 4.13. The Morgan fingerprint density at radius 3 is 2.67 bits per heavy atom. The number of imidazole rings is 1. The minimum Gasteiger partial charge on any atom is -0.328 e. The molecule has 0 spiro atoms. The molecule has 116 valence electrons. The first-order valence-electron chi connectivity index (χ1n) is 7.00. The molecule has 0 aliphatic heterocycles. The summed E-state index contributed by atoms with van der Waals surface area (Å²) >= 11 is 5.79. The topological polar surface area (TPSA) is 17.8 Å². The van der Waals surface area contributed by atoms with Gasteiger partial charge in [-0.05, 0) is 31.4 Å². The van der Waals surface area contributed by atoms with Crippen LogP contribution in [0.5, 0.6) is 0 Å². The van der Waals surface area contributed by atoms with Gasteiger partial charge in [0.2, 0.25) is 0 Å². The fraction of sp³-hybridized carbons (Fsp3) is 0.533. The molecule has 2 rings (SSSR count). The largest absolute Gasteiger partial charge is 0.389 e. The molecule has 2 aromatic rings. The summed E-state index contributed by atoms with van der Waals surface area (Å²) in [6.07, 6.45) is -3.57. The number of unbranched alkanes of at least 4 members (excludes halogenated alkanes) is 1. The maximum Gasteiger partial charge on any atom is 0.389 e. The van der Waals surface area contributed by atoms with Gasteiger partial charge >= 0.3 is 6.18 Å². The number of alkyl halides is 4. The molecule has 0 aliphatic rings. The molecule has 0 N–H and O–H groups in total. The fourth-order valence-corrected chi connectivity index (χ4v) is 2.62. The number of rotatable bonds is 6. The predicted molar refractivity (Wildman–Crippen MR) is 78.8 cm³/mol. The van der Waals surface area contributed by atoms with E-state index in [2.05, 4.69) is 4.98 Å². The van der Waals surface area contributed by atoms with Crippen LogP contribution in [0, 0.1) is 6.92 Å². The maximum atomic E-state index is 12.2. The number of para-hydroxylation sites is 1. The number of nitrogens with zero attached hydrogens (tertiary/aromatic N) is 2. The molecular formula is C15H18ClF3N2. The number of aromatic nitrogens is 2. The van der Waals surface area contributed by atoms with E-state index in [-0.39, 0.29) is 6.42 Å². The molecule has 0 aliphatic carbocycles. The highest BCUT2D eigenvalue weighted by Gasteiger charge is 2.26. The van der Waals surface area contributed by atoms with E-state index in [1.807, 2.05) is 29.7 Å². The van der Waals surface area contributed by atoms with Crippen LogP contribution in [0.25, 0.3) is 11.0 Å². The van der Waals surface area contributed by atoms with E-state index in [0.29, 0.717) is 25.3 Å². The number of halogens is 4. The second-order valence-corrected chi connectivity index (χ2v) is 5.51. The Bertz CT molecular complexity index is 605. The van der Waals surface area contributed by atoms with Crippen LogP contribution < -0.4 is 0 Å². The van der Waals surface area contributed by atoms with Crippen molar-refractivity contribution in [2.45, 2.75) is 45.3 Å². The monoisotopic (exact) mass is 318 g/mol. The van der Waals surface area contributed by atoms with Gasteiger partial charge in [-0.2, -0.15) is 13.2 Å². The van der Waals surface area contributed by atoms with Crippen molar-refractivity contribution >= 4 is 22.6 Å². The third-order valence-corrected chi connectivity index (χ3v) is 3.66. The zero-order valence-electron chi connectivity index (χ0n) is 11.9. The lowest BCUT2D eigenvalue weighted by molar-refractivity contribution is -0.135. The van der Waals surface area contributed by atoms with E-state index in [9.17, 15) is 13.2 Å². The van der Waals surface area contributed by atoms with Gasteiger partial charge < -0.3 is 4.57 Å². The van der Waals surface area contributed by atoms with Crippen LogP contribution >= 0.6 is 11.6 Å². The van der Waals surface area contributed by atoms with Crippen molar-refractivity contribution < 1.29 is 13.2 Å². The van der Waals surface area contributed by atoms with E-state index in [1.54, 1.807) is 0 Å². The second kappa shape index (κ2) is 6.69. The fourth-order valence-electron chi connectivity index (χ4n) is 2.46. The van der Waals surface area contributed by atoms with Crippen molar-refractivity contribution in [2.24, 2.45) is 0 Å². The summed E-state index contributed by atoms with van der Waals surface area (Å²) in [7, 11) is 0. The Kier molecular flexibility index (Phi) is 5.14. The lowest BCUT2D eigenvalue weighted by Gasteiger charge is -2.10. The smallest absolute Gasteiger partial charge is 0.328 e. The second-order valence-electron chi connectivity index (χ2n) is 5.13. The van der Waals surface area contributed by atoms with E-state index < -0.39 is 12.6 Å². The summed E-state index contributed by atoms with van der Waals surface area (Å²) in [5, 5.41) is 0. The van der Waals surface area contributed by atoms with Gasteiger partial charge in [-0.15, -0.1) is 11.6 Å². The van der Waals surface area contributed by atoms with Crippen LogP contribution in [0.15, 0.2) is 18.2 Å². The minimum absolute atomic E-state index is 0.134. The van der Waals surface area contributed by atoms with Gasteiger partial charge in [0.15, 0.2) is 0 Å². The normalized spacial score (nSPS) is 12.2. The molecule has 2 nitrogen and oxygen atoms in total. The molecule has 1 aromatic carbocycles. The number of fused-ring (bicyclic) bond motifs is 1. The van der Waals surface area contributed by atoms with Crippen molar-refractivity contribution in [1.29, 1.82) is 0 Å². The van der Waals surface area contributed by atoms with Gasteiger partial charge in [0.1, 0.15) is 5.82 Å². The molecule has 0 bridgehead atoms. The number of hydrogen-bond acceptors (Lipinski definition) is 1. The molecule has 0 amide bonds. The van der Waals surface area contributed by atoms with E-state index in [0.717, 1.165) is 22.4 Å². The molecule has 0 saturated carbocycles. The Morgan fingerprint density at radius 2 is 2.00 bits per heavy atom. The van der Waals surface area contributed by atoms with Gasteiger partial charge in [0.05, 0.1) is 11.0 Å². The summed E-state index contributed by atoms with van der Waals surface area (Å²) < 4.78 is 38.6. The molecule has 0 unspecified atom stereocenters. The average molecular weight is 319 g/mol. The molecule has 0 saturated heterocycles. The quantitative estimate of drug-likeness (QED) is 0.549. The molecule has 6 heteroatoms. The van der Waals surface area contributed by atoms with Crippen molar-refractivity contribution in [3.05, 3.63) is 29.6 Å². The Balaban J connectivity index is 2.17. The lowest BCUT2D eigenvalue weighted by Crippen LogP contribution is -2.09. The molecule has 0 fully saturated rings. The Morgan fingerprint density at radius 1 is 1.24 bits per heavy atom. The standard InChI is InChI=1S/C15H18ClF3N2/c1-11-5-4-6-12-14(11)20-13(7-9-16)21(12)10-3-2-8-15(17,18)19/h4-6H,2-3,7-10H2,1H3. The SMILES string of the molecule is Cc1cccc2c1nc(CCCl)n2CCCCC(F)(F)F. The van der Waals surface area contributed by atoms with Gasteiger partial charge in [-0.25, -0.2) is 4.98 Å². The average Bonchev–Trinajstić information content (AvgIpc) is 2.74. The Hall–Kier alpha value is -1.23. The lowest BCUT2D eigenvalue weighted by atomic mass is 10.2. The molecule has 1 heterocycles. The minimum atomic E-state index is -4.08. The Labute approximate surface area is 126 Å². The van der Waals surface area contributed by atoms with Crippen molar-refractivity contribution in [2.75, 3.05) is 5.88 Å². The number of aryl methyl sites for hydroxylation is 3. The molecule has 0 atom stereocenters. The summed E-state index contributed by atoms with van der Waals surface area (Å²) in [6, 6.07) is 5.88. The summed E-state index contributed by atoms with van der Waals surface area (Å²) in [4.78, 5) is 4.59. The van der Waals surface area contributed by atoms with Gasteiger partial charge in [0, 0.05) is 25.3 Å². The van der Waals surface area contributed by atoms with Crippen LogP contribution in [-0.2, 0) is 13.0 Å². The van der Waals surface area contributed by atoms with Gasteiger partial charge in [-0.3, -0.25) is 0 Å². The summed E-state index contributed by atoms with van der Waals surface area (Å²) in [5.41, 5.74) is 2.95. The first-order chi connectivity index (χ1) is 9.92. The number of benzene rings is 1. The summed E-state index contributed by atoms with van der Waals surface area (Å²) in [5.74, 6) is 1.30. The van der Waals surface area contributed by atoms with Crippen molar-refractivity contribution in [3.63, 3.8) is 0 Å². The van der Waals surface area contributed by atoms with Crippen LogP contribution in [0.4, 0.5) is 13.2 Å². The van der Waals surface area contributed by atoms with Crippen molar-refractivity contribution in [3.8, 4) is 0 Å². The molecule has 21 heavy (non-hydrogen) atoms. The van der Waals surface area contributed by atoms with E-state index in [4.69, 9.17) is 11.6 Å². The van der Waals surface area contributed by atoms with Gasteiger partial charge in [0.25, 0.3) is 0 Å². The highest BCUT2D eigenvalue weighted by molar-refractivity contribution is 6.17. The molecule has 0 radical (unpaired) electrons. The zero-order chi connectivity index (χ0) is 15.5.